The highest BCUT2D eigenvalue weighted by molar-refractivity contribution is 7.97. The van der Waals surface area contributed by atoms with Crippen LogP contribution in [0.15, 0.2) is 71.2 Å². The zero-order chi connectivity index (χ0) is 26.6. The Hall–Kier alpha value is -3.91. The smallest absolute Gasteiger partial charge is 0.418 e. The summed E-state index contributed by atoms with van der Waals surface area (Å²) in [6.07, 6.45) is -3.15. The largest absolute Gasteiger partial charge is 0.466 e. The van der Waals surface area contributed by atoms with Crippen molar-refractivity contribution in [3.63, 3.8) is 0 Å². The van der Waals surface area contributed by atoms with E-state index in [1.54, 1.807) is 36.6 Å². The Morgan fingerprint density at radius 3 is 2.25 bits per heavy atom. The van der Waals surface area contributed by atoms with Crippen LogP contribution in [-0.4, -0.2) is 32.4 Å². The second-order valence-electron chi connectivity index (χ2n) is 7.58. The third-order valence-electron chi connectivity index (χ3n) is 5.56. The van der Waals surface area contributed by atoms with Crippen molar-refractivity contribution < 1.29 is 32.2 Å². The summed E-state index contributed by atoms with van der Waals surface area (Å²) in [6, 6.07) is 13.7. The Bertz CT molecular complexity index is 1280. The van der Waals surface area contributed by atoms with E-state index in [4.69, 9.17) is 15.2 Å². The second kappa shape index (κ2) is 10.8. The molecule has 2 aromatic carbocycles. The molecule has 36 heavy (non-hydrogen) atoms. The fourth-order valence-corrected chi connectivity index (χ4v) is 4.65. The number of esters is 2. The lowest BCUT2D eigenvalue weighted by Crippen LogP contribution is -2.42. The Morgan fingerprint density at radius 2 is 1.72 bits per heavy atom. The Labute approximate surface area is 210 Å². The summed E-state index contributed by atoms with van der Waals surface area (Å²) >= 11 is 1.24. The zero-order valence-electron chi connectivity index (χ0n) is 19.6. The summed E-state index contributed by atoms with van der Waals surface area (Å²) < 4.78 is 52.5. The molecule has 1 aliphatic heterocycles. The van der Waals surface area contributed by atoms with E-state index in [1.807, 2.05) is 6.07 Å². The number of alkyl halides is 3. The summed E-state index contributed by atoms with van der Waals surface area (Å²) in [5.41, 5.74) is 4.24. The number of allylic oxidation sites excluding steroid dienone is 1. The molecule has 1 heterocycles. The number of halogens is 3. The maximum atomic E-state index is 14.2. The molecule has 0 saturated heterocycles. The maximum Gasteiger partial charge on any atom is 0.418 e. The fraction of sp³-hybridized carbons (Fsp3) is 0.240. The minimum Gasteiger partial charge on any atom is -0.466 e. The predicted octanol–water partition coefficient (Wildman–Crippen LogP) is 4.47. The molecule has 0 saturated carbocycles. The minimum atomic E-state index is -4.85. The van der Waals surface area contributed by atoms with E-state index in [0.29, 0.717) is 5.56 Å². The van der Waals surface area contributed by atoms with Crippen LogP contribution in [0.5, 0.6) is 0 Å². The maximum absolute atomic E-state index is 14.2. The van der Waals surface area contributed by atoms with E-state index in [1.165, 1.54) is 23.9 Å². The van der Waals surface area contributed by atoms with Crippen molar-refractivity contribution in [3.8, 4) is 6.07 Å². The number of benzene rings is 2. The monoisotopic (exact) mass is 517 g/mol. The van der Waals surface area contributed by atoms with Gasteiger partial charge in [0.1, 0.15) is 11.5 Å². The number of hydrogen-bond donors (Lipinski definition) is 1. The number of methoxy groups -OCH3 is 2. The van der Waals surface area contributed by atoms with Gasteiger partial charge < -0.3 is 15.2 Å². The van der Waals surface area contributed by atoms with Gasteiger partial charge in [-0.1, -0.05) is 42.5 Å². The third-order valence-corrected chi connectivity index (χ3v) is 6.16. The summed E-state index contributed by atoms with van der Waals surface area (Å²) in [6.45, 7) is 0. The lowest BCUT2D eigenvalue weighted by Gasteiger charge is -2.37. The number of anilines is 1. The molecule has 2 aromatic rings. The van der Waals surface area contributed by atoms with Crippen LogP contribution in [-0.2, 0) is 31.0 Å². The number of thioether (sulfide) groups is 1. The molecule has 0 radical (unpaired) electrons. The molecule has 0 bridgehead atoms. The van der Waals surface area contributed by atoms with Crippen LogP contribution >= 0.6 is 11.8 Å². The van der Waals surface area contributed by atoms with Gasteiger partial charge in [-0.3, -0.25) is 4.90 Å². The van der Waals surface area contributed by atoms with Gasteiger partial charge in [0, 0.05) is 5.75 Å². The van der Waals surface area contributed by atoms with Crippen LogP contribution in [0.25, 0.3) is 0 Å². The molecular weight excluding hydrogens is 495 g/mol. The number of hydrogen-bond acceptors (Lipinski definition) is 8. The highest BCUT2D eigenvalue weighted by Crippen LogP contribution is 2.47. The molecule has 1 unspecified atom stereocenters. The molecular formula is C25H22F3N3O4S. The van der Waals surface area contributed by atoms with E-state index < -0.39 is 46.8 Å². The molecule has 0 fully saturated rings. The SMILES string of the molecule is COC(=O)C1=C(C(=O)OC)N(c2c(CSC)cccc2C(F)(F)F)C(N)=C(C#N)C1c1ccccc1. The lowest BCUT2D eigenvalue weighted by atomic mass is 9.80. The standard InChI is InChI=1S/C25H22F3N3O4S/c1-34-23(32)19-18(14-8-5-4-6-9-14)16(12-29)22(30)31(21(19)24(33)35-2)20-15(13-36-3)10-7-11-17(20)25(26,27)28/h4-11,18H,13,30H2,1-3H3. The first-order valence-electron chi connectivity index (χ1n) is 10.5. The Morgan fingerprint density at radius 1 is 1.08 bits per heavy atom. The second-order valence-corrected chi connectivity index (χ2v) is 8.45. The highest BCUT2D eigenvalue weighted by atomic mass is 32.2. The predicted molar refractivity (Wildman–Crippen MR) is 128 cm³/mol. The van der Waals surface area contributed by atoms with Crippen molar-refractivity contribution in [1.29, 1.82) is 5.26 Å². The van der Waals surface area contributed by atoms with Gasteiger partial charge in [-0.25, -0.2) is 9.59 Å². The van der Waals surface area contributed by atoms with Gasteiger partial charge in [0.05, 0.1) is 48.6 Å². The number of nitrogens with two attached hydrogens (primary N) is 1. The molecule has 2 N–H and O–H groups in total. The van der Waals surface area contributed by atoms with Crippen LogP contribution in [0.2, 0.25) is 0 Å². The normalized spacial score (nSPS) is 16.0. The fourth-order valence-electron chi connectivity index (χ4n) is 4.10. The van der Waals surface area contributed by atoms with E-state index in [-0.39, 0.29) is 22.5 Å². The average molecular weight is 518 g/mol. The first kappa shape index (κ1) is 26.7. The topological polar surface area (TPSA) is 106 Å². The van der Waals surface area contributed by atoms with Gasteiger partial charge >= 0.3 is 18.1 Å². The van der Waals surface area contributed by atoms with E-state index in [0.717, 1.165) is 25.2 Å². The molecule has 0 aromatic heterocycles. The van der Waals surface area contributed by atoms with Gasteiger partial charge in [0.15, 0.2) is 0 Å². The number of nitrogens with zero attached hydrogens (tertiary/aromatic N) is 2. The molecule has 3 rings (SSSR count). The summed E-state index contributed by atoms with van der Waals surface area (Å²) in [5.74, 6) is -3.64. The summed E-state index contributed by atoms with van der Waals surface area (Å²) in [5, 5.41) is 10.1. The molecule has 1 aliphatic rings. The van der Waals surface area contributed by atoms with Gasteiger partial charge in [0.25, 0.3) is 0 Å². The first-order valence-corrected chi connectivity index (χ1v) is 11.8. The van der Waals surface area contributed by atoms with Crippen molar-refractivity contribution in [3.05, 3.63) is 87.9 Å². The first-order chi connectivity index (χ1) is 17.1. The number of nitriles is 1. The van der Waals surface area contributed by atoms with E-state index >= 15 is 0 Å². The molecule has 0 amide bonds. The Kier molecular flexibility index (Phi) is 8.00. The van der Waals surface area contributed by atoms with Crippen LogP contribution in [0.1, 0.15) is 22.6 Å². The molecule has 0 spiro atoms. The molecule has 7 nitrogen and oxygen atoms in total. The summed E-state index contributed by atoms with van der Waals surface area (Å²) in [4.78, 5) is 27.1. The third kappa shape index (κ3) is 4.77. The van der Waals surface area contributed by atoms with Gasteiger partial charge in [-0.15, -0.1) is 0 Å². The minimum absolute atomic E-state index is 0.120. The van der Waals surface area contributed by atoms with Gasteiger partial charge in [0.2, 0.25) is 0 Å². The quantitative estimate of drug-likeness (QED) is 0.560. The van der Waals surface area contributed by atoms with Crippen LogP contribution in [0.3, 0.4) is 0 Å². The summed E-state index contributed by atoms with van der Waals surface area (Å²) in [7, 11) is 2.09. The molecule has 0 aliphatic carbocycles. The van der Waals surface area contributed by atoms with Crippen molar-refractivity contribution >= 4 is 29.4 Å². The van der Waals surface area contributed by atoms with Crippen molar-refractivity contribution in [2.45, 2.75) is 17.8 Å². The van der Waals surface area contributed by atoms with E-state index in [2.05, 4.69) is 0 Å². The Balaban J connectivity index is 2.54. The molecule has 11 heteroatoms. The number of carbonyl (C=O) groups is 2. The number of carbonyl (C=O) groups excluding carboxylic acids is 2. The number of para-hydroxylation sites is 1. The van der Waals surface area contributed by atoms with Crippen LogP contribution in [0.4, 0.5) is 18.9 Å². The molecule has 1 atom stereocenters. The average Bonchev–Trinajstić information content (AvgIpc) is 2.87. The van der Waals surface area contributed by atoms with Crippen LogP contribution in [0, 0.1) is 11.3 Å². The lowest BCUT2D eigenvalue weighted by molar-refractivity contribution is -0.139. The van der Waals surface area contributed by atoms with Gasteiger partial charge in [-0.05, 0) is 23.4 Å². The number of ether oxygens (including phenoxy) is 2. The van der Waals surface area contributed by atoms with Crippen molar-refractivity contribution in [1.82, 2.24) is 0 Å². The molecule has 188 valence electrons. The van der Waals surface area contributed by atoms with Crippen molar-refractivity contribution in [2.24, 2.45) is 5.73 Å². The van der Waals surface area contributed by atoms with Gasteiger partial charge in [-0.2, -0.15) is 30.2 Å². The van der Waals surface area contributed by atoms with E-state index in [9.17, 15) is 28.0 Å². The number of rotatable bonds is 6. The highest BCUT2D eigenvalue weighted by Gasteiger charge is 2.46. The zero-order valence-corrected chi connectivity index (χ0v) is 20.4. The van der Waals surface area contributed by atoms with Crippen LogP contribution < -0.4 is 10.6 Å². The van der Waals surface area contributed by atoms with Crippen molar-refractivity contribution in [2.75, 3.05) is 25.4 Å².